The third-order valence-electron chi connectivity index (χ3n) is 3.50. The van der Waals surface area contributed by atoms with Crippen LogP contribution < -0.4 is 15.9 Å². The molecule has 1 amide bonds. The van der Waals surface area contributed by atoms with Crippen molar-refractivity contribution in [3.05, 3.63) is 62.4 Å². The Balaban J connectivity index is 1.97. The van der Waals surface area contributed by atoms with E-state index in [2.05, 4.69) is 5.10 Å². The highest BCUT2D eigenvalue weighted by atomic mass is 19.1. The molecule has 128 valence electrons. The highest BCUT2D eigenvalue weighted by Crippen LogP contribution is 2.18. The molecule has 0 atom stereocenters. The molecule has 0 aliphatic carbocycles. The van der Waals surface area contributed by atoms with Crippen molar-refractivity contribution in [3.63, 3.8) is 0 Å². The van der Waals surface area contributed by atoms with Gasteiger partial charge < -0.3 is 9.64 Å². The zero-order valence-electron chi connectivity index (χ0n) is 13.4. The number of aromatic nitrogens is 2. The first kappa shape index (κ1) is 17.5. The molecule has 8 heteroatoms. The van der Waals surface area contributed by atoms with Gasteiger partial charge in [0.15, 0.2) is 11.6 Å². The number of benzene rings is 1. The van der Waals surface area contributed by atoms with Crippen LogP contribution in [0.25, 0.3) is 0 Å². The fourth-order valence-electron chi connectivity index (χ4n) is 2.20. The molecule has 0 radical (unpaired) electrons. The molecule has 1 aromatic heterocycles. The van der Waals surface area contributed by atoms with Crippen molar-refractivity contribution in [2.24, 2.45) is 0 Å². The minimum absolute atomic E-state index is 0.0367. The zero-order valence-corrected chi connectivity index (χ0v) is 13.4. The quantitative estimate of drug-likeness (QED) is 0.843. The SMILES string of the molecule is COc1ccc(CN(C)C(=O)CCn2[nH]c(=O)ccc2=O)cc1F. The molecule has 0 unspecified atom stereocenters. The molecule has 0 saturated carbocycles. The smallest absolute Gasteiger partial charge is 0.265 e. The summed E-state index contributed by atoms with van der Waals surface area (Å²) in [5, 5.41) is 2.35. The van der Waals surface area contributed by atoms with Gasteiger partial charge in [-0.25, -0.2) is 9.07 Å². The number of ether oxygens (including phenoxy) is 1. The molecule has 2 rings (SSSR count). The maximum absolute atomic E-state index is 13.7. The highest BCUT2D eigenvalue weighted by Gasteiger charge is 2.12. The van der Waals surface area contributed by atoms with E-state index in [0.717, 1.165) is 16.8 Å². The molecule has 2 aromatic rings. The van der Waals surface area contributed by atoms with E-state index in [0.29, 0.717) is 5.56 Å². The van der Waals surface area contributed by atoms with Gasteiger partial charge in [-0.2, -0.15) is 0 Å². The van der Waals surface area contributed by atoms with Gasteiger partial charge in [0, 0.05) is 32.1 Å². The molecule has 0 spiro atoms. The van der Waals surface area contributed by atoms with Crippen LogP contribution in [0.5, 0.6) is 5.75 Å². The van der Waals surface area contributed by atoms with Crippen LogP contribution in [0.2, 0.25) is 0 Å². The monoisotopic (exact) mass is 335 g/mol. The average molecular weight is 335 g/mol. The number of methoxy groups -OCH3 is 1. The van der Waals surface area contributed by atoms with Crippen LogP contribution in [-0.2, 0) is 17.9 Å². The van der Waals surface area contributed by atoms with Crippen LogP contribution in [0, 0.1) is 5.82 Å². The van der Waals surface area contributed by atoms with Crippen LogP contribution in [0.1, 0.15) is 12.0 Å². The molecule has 0 fully saturated rings. The van der Waals surface area contributed by atoms with E-state index < -0.39 is 11.4 Å². The maximum atomic E-state index is 13.7. The molecule has 1 N–H and O–H groups in total. The Bertz CT molecular complexity index is 844. The highest BCUT2D eigenvalue weighted by molar-refractivity contribution is 5.75. The molecule has 0 bridgehead atoms. The van der Waals surface area contributed by atoms with E-state index >= 15 is 0 Å². The lowest BCUT2D eigenvalue weighted by molar-refractivity contribution is -0.130. The number of hydrogen-bond acceptors (Lipinski definition) is 4. The predicted octanol–water partition coefficient (Wildman–Crippen LogP) is 0.733. The van der Waals surface area contributed by atoms with Crippen molar-refractivity contribution < 1.29 is 13.9 Å². The van der Waals surface area contributed by atoms with Gasteiger partial charge in [0.25, 0.3) is 11.1 Å². The van der Waals surface area contributed by atoms with Gasteiger partial charge in [-0.3, -0.25) is 19.5 Å². The Hall–Kier alpha value is -2.90. The summed E-state index contributed by atoms with van der Waals surface area (Å²) in [4.78, 5) is 36.3. The number of hydrogen-bond donors (Lipinski definition) is 1. The predicted molar refractivity (Wildman–Crippen MR) is 85.4 cm³/mol. The first-order valence-corrected chi connectivity index (χ1v) is 7.27. The van der Waals surface area contributed by atoms with Crippen LogP contribution in [0.3, 0.4) is 0 Å². The van der Waals surface area contributed by atoms with Crippen molar-refractivity contribution in [2.75, 3.05) is 14.2 Å². The number of halogens is 1. The molecule has 0 saturated heterocycles. The third-order valence-corrected chi connectivity index (χ3v) is 3.50. The van der Waals surface area contributed by atoms with Crippen molar-refractivity contribution >= 4 is 5.91 Å². The number of nitrogens with zero attached hydrogens (tertiary/aromatic N) is 2. The Morgan fingerprint density at radius 2 is 2.04 bits per heavy atom. The van der Waals surface area contributed by atoms with Gasteiger partial charge in [0.1, 0.15) is 0 Å². The van der Waals surface area contributed by atoms with Gasteiger partial charge in [0.05, 0.1) is 13.7 Å². The number of aromatic amines is 1. The van der Waals surface area contributed by atoms with E-state index in [9.17, 15) is 18.8 Å². The summed E-state index contributed by atoms with van der Waals surface area (Å²) in [5.74, 6) is -0.591. The molecule has 24 heavy (non-hydrogen) atoms. The normalized spacial score (nSPS) is 10.5. The molecule has 7 nitrogen and oxygen atoms in total. The topological polar surface area (TPSA) is 84.4 Å². The summed E-state index contributed by atoms with van der Waals surface area (Å²) in [6, 6.07) is 6.75. The lowest BCUT2D eigenvalue weighted by atomic mass is 10.2. The van der Waals surface area contributed by atoms with E-state index in [1.807, 2.05) is 0 Å². The summed E-state index contributed by atoms with van der Waals surface area (Å²) >= 11 is 0. The largest absolute Gasteiger partial charge is 0.494 e. The zero-order chi connectivity index (χ0) is 17.7. The van der Waals surface area contributed by atoms with Crippen molar-refractivity contribution in [1.29, 1.82) is 0 Å². The number of amides is 1. The van der Waals surface area contributed by atoms with Gasteiger partial charge in [-0.1, -0.05) is 6.07 Å². The summed E-state index contributed by atoms with van der Waals surface area (Å²) in [6.07, 6.45) is 0.0367. The Labute approximate surface area is 137 Å². The van der Waals surface area contributed by atoms with E-state index in [4.69, 9.17) is 4.74 Å². The fourth-order valence-corrected chi connectivity index (χ4v) is 2.20. The Morgan fingerprint density at radius 1 is 1.29 bits per heavy atom. The van der Waals surface area contributed by atoms with Crippen LogP contribution in [0.15, 0.2) is 39.9 Å². The van der Waals surface area contributed by atoms with Gasteiger partial charge >= 0.3 is 0 Å². The molecular weight excluding hydrogens is 317 g/mol. The summed E-state index contributed by atoms with van der Waals surface area (Å²) in [6.45, 7) is 0.287. The van der Waals surface area contributed by atoms with Crippen LogP contribution >= 0.6 is 0 Å². The maximum Gasteiger partial charge on any atom is 0.265 e. The third kappa shape index (κ3) is 4.31. The minimum atomic E-state index is -0.496. The van der Waals surface area contributed by atoms with Crippen LogP contribution in [-0.4, -0.2) is 34.7 Å². The molecule has 0 aliphatic rings. The average Bonchev–Trinajstić information content (AvgIpc) is 2.55. The Morgan fingerprint density at radius 3 is 2.71 bits per heavy atom. The molecule has 0 aliphatic heterocycles. The van der Waals surface area contributed by atoms with Gasteiger partial charge in [-0.05, 0) is 17.7 Å². The number of H-pyrrole nitrogens is 1. The second kappa shape index (κ2) is 7.58. The lowest BCUT2D eigenvalue weighted by Crippen LogP contribution is -2.32. The first-order chi connectivity index (χ1) is 11.4. The molecule has 1 aromatic carbocycles. The van der Waals surface area contributed by atoms with E-state index in [-0.39, 0.29) is 36.7 Å². The standard InChI is InChI=1S/C16H18FN3O4/c1-19(10-11-3-4-13(24-2)12(17)9-11)15(22)7-8-20-16(23)6-5-14(21)18-20/h3-6,9H,7-8,10H2,1-2H3,(H,18,21). The summed E-state index contributed by atoms with van der Waals surface area (Å²) < 4.78 is 19.6. The van der Waals surface area contributed by atoms with Crippen molar-refractivity contribution in [1.82, 2.24) is 14.7 Å². The number of aryl methyl sites for hydroxylation is 1. The minimum Gasteiger partial charge on any atom is -0.494 e. The van der Waals surface area contributed by atoms with Crippen LogP contribution in [0.4, 0.5) is 4.39 Å². The second-order valence-corrected chi connectivity index (χ2v) is 5.27. The van der Waals surface area contributed by atoms with Crippen molar-refractivity contribution in [3.8, 4) is 5.75 Å². The van der Waals surface area contributed by atoms with E-state index in [1.165, 1.54) is 24.1 Å². The fraction of sp³-hybridized carbons (Fsp3) is 0.312. The number of carbonyl (C=O) groups excluding carboxylic acids is 1. The van der Waals surface area contributed by atoms with Crippen molar-refractivity contribution in [2.45, 2.75) is 19.5 Å². The number of carbonyl (C=O) groups is 1. The summed E-state index contributed by atoms with van der Waals surface area (Å²) in [7, 11) is 2.96. The first-order valence-electron chi connectivity index (χ1n) is 7.27. The lowest BCUT2D eigenvalue weighted by Gasteiger charge is -2.18. The number of rotatable bonds is 6. The van der Waals surface area contributed by atoms with Gasteiger partial charge in [-0.15, -0.1) is 0 Å². The molecular formula is C16H18FN3O4. The second-order valence-electron chi connectivity index (χ2n) is 5.27. The van der Waals surface area contributed by atoms with E-state index in [1.54, 1.807) is 13.1 Å². The summed E-state index contributed by atoms with van der Waals surface area (Å²) in [5.41, 5.74) is -0.180. The Kier molecular flexibility index (Phi) is 5.51. The van der Waals surface area contributed by atoms with Gasteiger partial charge in [0.2, 0.25) is 5.91 Å². The number of nitrogens with one attached hydrogen (secondary N) is 1. The molecule has 1 heterocycles.